The maximum Gasteiger partial charge on any atom is 0.269 e. The Morgan fingerprint density at radius 1 is 1.50 bits per heavy atom. The Bertz CT molecular complexity index is 517. The average Bonchev–Trinajstić information content (AvgIpc) is 2.75. The highest BCUT2D eigenvalue weighted by Gasteiger charge is 2.10. The molecule has 0 saturated carbocycles. The Morgan fingerprint density at radius 3 is 2.94 bits per heavy atom. The van der Waals surface area contributed by atoms with E-state index in [1.54, 1.807) is 0 Å². The van der Waals surface area contributed by atoms with E-state index in [0.29, 0.717) is 15.0 Å². The fourth-order valence-electron chi connectivity index (χ4n) is 1.04. The quantitative estimate of drug-likeness (QED) is 0.928. The lowest BCUT2D eigenvalue weighted by atomic mass is 10.3. The van der Waals surface area contributed by atoms with Crippen LogP contribution in [0.2, 0.25) is 0 Å². The second kappa shape index (κ2) is 4.67. The number of nitrogens with one attached hydrogen (secondary N) is 1. The molecule has 0 unspecified atom stereocenters. The minimum atomic E-state index is -0.371. The van der Waals surface area contributed by atoms with Gasteiger partial charge in [-0.1, -0.05) is 4.49 Å². The SMILES string of the molecule is O=C(Nc1ccc(F)cc1Br)c1cnns1. The van der Waals surface area contributed by atoms with Crippen LogP contribution in [0.1, 0.15) is 9.67 Å². The highest BCUT2D eigenvalue weighted by molar-refractivity contribution is 9.10. The first-order valence-corrected chi connectivity index (χ1v) is 5.77. The summed E-state index contributed by atoms with van der Waals surface area (Å²) in [5.41, 5.74) is 0.500. The van der Waals surface area contributed by atoms with Gasteiger partial charge in [0, 0.05) is 4.47 Å². The number of aromatic nitrogens is 2. The van der Waals surface area contributed by atoms with Crippen molar-refractivity contribution in [2.45, 2.75) is 0 Å². The predicted octanol–water partition coefficient (Wildman–Crippen LogP) is 2.69. The molecule has 0 atom stereocenters. The third kappa shape index (κ3) is 2.42. The molecule has 1 aromatic carbocycles. The van der Waals surface area contributed by atoms with Crippen LogP contribution < -0.4 is 5.32 Å². The maximum atomic E-state index is 12.8. The number of hydrogen-bond acceptors (Lipinski definition) is 4. The van der Waals surface area contributed by atoms with Crippen molar-refractivity contribution in [3.63, 3.8) is 0 Å². The van der Waals surface area contributed by atoms with Crippen molar-refractivity contribution in [2.24, 2.45) is 0 Å². The summed E-state index contributed by atoms with van der Waals surface area (Å²) in [5, 5.41) is 6.18. The Balaban J connectivity index is 2.18. The van der Waals surface area contributed by atoms with Crippen LogP contribution in [0.3, 0.4) is 0 Å². The van der Waals surface area contributed by atoms with Gasteiger partial charge in [0.05, 0.1) is 11.9 Å². The lowest BCUT2D eigenvalue weighted by Gasteiger charge is -2.05. The van der Waals surface area contributed by atoms with E-state index in [0.717, 1.165) is 11.5 Å². The molecule has 2 rings (SSSR count). The molecule has 0 aliphatic carbocycles. The number of benzene rings is 1. The number of halogens is 2. The normalized spacial score (nSPS) is 10.1. The number of carbonyl (C=O) groups is 1. The zero-order valence-electron chi connectivity index (χ0n) is 7.78. The monoisotopic (exact) mass is 301 g/mol. The third-order valence-electron chi connectivity index (χ3n) is 1.76. The fraction of sp³-hybridized carbons (Fsp3) is 0. The lowest BCUT2D eigenvalue weighted by molar-refractivity contribution is 0.103. The molecule has 16 heavy (non-hydrogen) atoms. The van der Waals surface area contributed by atoms with E-state index in [1.165, 1.54) is 24.4 Å². The fourth-order valence-corrected chi connectivity index (χ4v) is 1.90. The van der Waals surface area contributed by atoms with Gasteiger partial charge in [-0.15, -0.1) is 5.10 Å². The number of rotatable bonds is 2. The van der Waals surface area contributed by atoms with Gasteiger partial charge in [-0.2, -0.15) is 0 Å². The summed E-state index contributed by atoms with van der Waals surface area (Å²) in [6.45, 7) is 0. The summed E-state index contributed by atoms with van der Waals surface area (Å²) in [6.07, 6.45) is 1.37. The van der Waals surface area contributed by atoms with Gasteiger partial charge in [0.15, 0.2) is 0 Å². The summed E-state index contributed by atoms with van der Waals surface area (Å²) in [4.78, 5) is 12.0. The molecule has 4 nitrogen and oxygen atoms in total. The van der Waals surface area contributed by atoms with Crippen LogP contribution in [0.4, 0.5) is 10.1 Å². The van der Waals surface area contributed by atoms with Crippen molar-refractivity contribution in [3.8, 4) is 0 Å². The van der Waals surface area contributed by atoms with E-state index in [1.807, 2.05) is 0 Å². The van der Waals surface area contributed by atoms with E-state index in [-0.39, 0.29) is 11.7 Å². The molecule has 0 aliphatic rings. The largest absolute Gasteiger partial charge is 0.320 e. The maximum absolute atomic E-state index is 12.8. The molecular formula is C9H5BrFN3OS. The summed E-state index contributed by atoms with van der Waals surface area (Å²) in [7, 11) is 0. The topological polar surface area (TPSA) is 54.9 Å². The second-order valence-electron chi connectivity index (χ2n) is 2.86. The molecule has 1 N–H and O–H groups in total. The Hall–Kier alpha value is -1.34. The van der Waals surface area contributed by atoms with E-state index in [4.69, 9.17) is 0 Å². The number of amides is 1. The summed E-state index contributed by atoms with van der Waals surface area (Å²) < 4.78 is 16.9. The van der Waals surface area contributed by atoms with Crippen LogP contribution in [-0.2, 0) is 0 Å². The molecule has 7 heteroatoms. The lowest BCUT2D eigenvalue weighted by Crippen LogP contribution is -2.10. The molecule has 2 aromatic rings. The molecule has 0 fully saturated rings. The Kier molecular flexibility index (Phi) is 3.25. The summed E-state index contributed by atoms with van der Waals surface area (Å²) >= 11 is 4.15. The minimum Gasteiger partial charge on any atom is -0.320 e. The third-order valence-corrected chi connectivity index (χ3v) is 3.08. The van der Waals surface area contributed by atoms with Gasteiger partial charge >= 0.3 is 0 Å². The first-order chi connectivity index (χ1) is 7.66. The van der Waals surface area contributed by atoms with Gasteiger partial charge in [0.2, 0.25) is 0 Å². The van der Waals surface area contributed by atoms with E-state index in [2.05, 4.69) is 30.8 Å². The Labute approximate surface area is 103 Å². The number of anilines is 1. The molecule has 0 bridgehead atoms. The van der Waals surface area contributed by atoms with Crippen LogP contribution in [0.25, 0.3) is 0 Å². The van der Waals surface area contributed by atoms with Gasteiger partial charge in [0.25, 0.3) is 5.91 Å². The van der Waals surface area contributed by atoms with E-state index < -0.39 is 0 Å². The van der Waals surface area contributed by atoms with Crippen LogP contribution in [0.5, 0.6) is 0 Å². The van der Waals surface area contributed by atoms with Crippen molar-refractivity contribution < 1.29 is 9.18 Å². The van der Waals surface area contributed by atoms with Crippen molar-refractivity contribution in [2.75, 3.05) is 5.32 Å². The summed E-state index contributed by atoms with van der Waals surface area (Å²) in [5.74, 6) is -0.688. The van der Waals surface area contributed by atoms with Gasteiger partial charge in [-0.05, 0) is 45.7 Å². The zero-order chi connectivity index (χ0) is 11.5. The van der Waals surface area contributed by atoms with Crippen molar-refractivity contribution in [1.29, 1.82) is 0 Å². The zero-order valence-corrected chi connectivity index (χ0v) is 10.2. The number of hydrogen-bond donors (Lipinski definition) is 1. The van der Waals surface area contributed by atoms with Crippen molar-refractivity contribution in [3.05, 3.63) is 39.6 Å². The number of nitrogens with zero attached hydrogens (tertiary/aromatic N) is 2. The first-order valence-electron chi connectivity index (χ1n) is 4.20. The first kappa shape index (κ1) is 11.2. The molecule has 1 amide bonds. The van der Waals surface area contributed by atoms with Crippen LogP contribution >= 0.6 is 27.5 Å². The van der Waals surface area contributed by atoms with Crippen LogP contribution in [0.15, 0.2) is 28.9 Å². The second-order valence-corrected chi connectivity index (χ2v) is 4.50. The van der Waals surface area contributed by atoms with Crippen molar-refractivity contribution in [1.82, 2.24) is 9.59 Å². The van der Waals surface area contributed by atoms with Crippen molar-refractivity contribution >= 4 is 39.1 Å². The molecule has 1 aromatic heterocycles. The van der Waals surface area contributed by atoms with Gasteiger partial charge in [-0.3, -0.25) is 4.79 Å². The van der Waals surface area contributed by atoms with Gasteiger partial charge < -0.3 is 5.32 Å². The molecule has 1 heterocycles. The smallest absolute Gasteiger partial charge is 0.269 e. The van der Waals surface area contributed by atoms with Gasteiger partial charge in [0.1, 0.15) is 10.7 Å². The molecule has 0 spiro atoms. The van der Waals surface area contributed by atoms with E-state index >= 15 is 0 Å². The van der Waals surface area contributed by atoms with E-state index in [9.17, 15) is 9.18 Å². The summed E-state index contributed by atoms with van der Waals surface area (Å²) in [6, 6.07) is 4.03. The minimum absolute atomic E-state index is 0.317. The molecule has 0 aliphatic heterocycles. The molecular weight excluding hydrogens is 297 g/mol. The molecule has 82 valence electrons. The highest BCUT2D eigenvalue weighted by Crippen LogP contribution is 2.23. The average molecular weight is 302 g/mol. The standard InChI is InChI=1S/C9H5BrFN3OS/c10-6-3-5(11)1-2-7(6)13-9(15)8-4-12-14-16-8/h1-4H,(H,13,15). The van der Waals surface area contributed by atoms with Gasteiger partial charge in [-0.25, -0.2) is 4.39 Å². The predicted molar refractivity (Wildman–Crippen MR) is 62.0 cm³/mol. The van der Waals surface area contributed by atoms with Crippen LogP contribution in [0, 0.1) is 5.82 Å². The number of carbonyl (C=O) groups excluding carboxylic acids is 1. The molecule has 0 saturated heterocycles. The Morgan fingerprint density at radius 2 is 2.31 bits per heavy atom. The molecule has 0 radical (unpaired) electrons. The highest BCUT2D eigenvalue weighted by atomic mass is 79.9. The van der Waals surface area contributed by atoms with Crippen LogP contribution in [-0.4, -0.2) is 15.5 Å².